The number of hydrogen-bond acceptors (Lipinski definition) is 3. The van der Waals surface area contributed by atoms with Gasteiger partial charge < -0.3 is 4.90 Å². The van der Waals surface area contributed by atoms with Crippen molar-refractivity contribution < 1.29 is 13.2 Å². The summed E-state index contributed by atoms with van der Waals surface area (Å²) in [5.74, 6) is 0.335. The number of rotatable bonds is 4. The third-order valence-corrected chi connectivity index (χ3v) is 6.71. The molecule has 2 aliphatic rings. The molecule has 6 heteroatoms. The van der Waals surface area contributed by atoms with Gasteiger partial charge in [-0.15, -0.1) is 0 Å². The smallest absolute Gasteiger partial charge is 0.261 e. The molecule has 1 aliphatic carbocycles. The minimum absolute atomic E-state index is 0.161. The van der Waals surface area contributed by atoms with Crippen LogP contribution in [0.3, 0.4) is 0 Å². The lowest BCUT2D eigenvalue weighted by Gasteiger charge is -2.18. The summed E-state index contributed by atoms with van der Waals surface area (Å²) in [5, 5.41) is 0. The lowest BCUT2D eigenvalue weighted by Crippen LogP contribution is -2.30. The van der Waals surface area contributed by atoms with Crippen LogP contribution >= 0.6 is 0 Å². The summed E-state index contributed by atoms with van der Waals surface area (Å²) in [4.78, 5) is 14.4. The molecule has 1 heterocycles. The molecule has 2 aromatic carbocycles. The number of nitrogens with zero attached hydrogens (tertiary/aromatic N) is 1. The quantitative estimate of drug-likeness (QED) is 0.874. The maximum absolute atomic E-state index is 12.9. The number of nitrogens with one attached hydrogen (secondary N) is 1. The molecule has 1 N–H and O–H groups in total. The van der Waals surface area contributed by atoms with Crippen LogP contribution in [0, 0.1) is 26.7 Å². The topological polar surface area (TPSA) is 66.5 Å². The van der Waals surface area contributed by atoms with E-state index in [0.717, 1.165) is 40.8 Å². The van der Waals surface area contributed by atoms with Crippen molar-refractivity contribution in [1.29, 1.82) is 0 Å². The third kappa shape index (κ3) is 3.34. The second-order valence-corrected chi connectivity index (χ2v) is 9.37. The molecule has 27 heavy (non-hydrogen) atoms. The average Bonchev–Trinajstić information content (AvgIpc) is 3.36. The van der Waals surface area contributed by atoms with Gasteiger partial charge in [-0.05, 0) is 74.9 Å². The van der Waals surface area contributed by atoms with Crippen molar-refractivity contribution in [3.8, 4) is 0 Å². The van der Waals surface area contributed by atoms with Crippen LogP contribution < -0.4 is 9.62 Å². The number of amides is 1. The number of aryl methyl sites for hydroxylation is 3. The normalized spacial score (nSPS) is 16.3. The van der Waals surface area contributed by atoms with E-state index in [1.54, 1.807) is 18.2 Å². The molecule has 0 bridgehead atoms. The van der Waals surface area contributed by atoms with Gasteiger partial charge in [-0.25, -0.2) is 8.42 Å². The highest BCUT2D eigenvalue weighted by atomic mass is 32.2. The van der Waals surface area contributed by atoms with Gasteiger partial charge in [0.15, 0.2) is 0 Å². The van der Waals surface area contributed by atoms with Gasteiger partial charge in [0.1, 0.15) is 0 Å². The Balaban J connectivity index is 1.63. The molecule has 0 atom stereocenters. The second-order valence-electron chi connectivity index (χ2n) is 7.68. The first-order valence-corrected chi connectivity index (χ1v) is 10.8. The second kappa shape index (κ2) is 6.37. The van der Waals surface area contributed by atoms with E-state index in [1.807, 2.05) is 37.8 Å². The van der Waals surface area contributed by atoms with Crippen LogP contribution in [0.15, 0.2) is 35.2 Å². The molecular formula is C21H24N2O3S. The van der Waals surface area contributed by atoms with Crippen LogP contribution in [-0.4, -0.2) is 20.9 Å². The third-order valence-electron chi connectivity index (χ3n) is 5.36. The van der Waals surface area contributed by atoms with E-state index < -0.39 is 10.0 Å². The van der Waals surface area contributed by atoms with E-state index in [9.17, 15) is 13.2 Å². The van der Waals surface area contributed by atoms with E-state index in [2.05, 4.69) is 4.72 Å². The molecule has 0 unspecified atom stereocenters. The molecule has 0 spiro atoms. The lowest BCUT2D eigenvalue weighted by molar-refractivity contribution is -0.119. The summed E-state index contributed by atoms with van der Waals surface area (Å²) in [5.41, 5.74) is 5.31. The summed E-state index contributed by atoms with van der Waals surface area (Å²) in [6, 6.07) is 9.01. The minimum atomic E-state index is -3.69. The Morgan fingerprint density at radius 3 is 2.37 bits per heavy atom. The van der Waals surface area contributed by atoms with Crippen LogP contribution in [0.4, 0.5) is 11.4 Å². The number of anilines is 2. The zero-order valence-corrected chi connectivity index (χ0v) is 16.7. The Morgan fingerprint density at radius 2 is 1.74 bits per heavy atom. The Labute approximate surface area is 160 Å². The lowest BCUT2D eigenvalue weighted by atomic mass is 10.1. The molecule has 1 fully saturated rings. The molecule has 1 saturated carbocycles. The van der Waals surface area contributed by atoms with Gasteiger partial charge in [-0.1, -0.05) is 17.7 Å². The predicted molar refractivity (Wildman–Crippen MR) is 107 cm³/mol. The van der Waals surface area contributed by atoms with Crippen molar-refractivity contribution in [2.24, 2.45) is 5.92 Å². The average molecular weight is 385 g/mol. The fourth-order valence-electron chi connectivity index (χ4n) is 3.86. The zero-order chi connectivity index (χ0) is 19.3. The van der Waals surface area contributed by atoms with Crippen LogP contribution in [0.25, 0.3) is 0 Å². The van der Waals surface area contributed by atoms with Gasteiger partial charge >= 0.3 is 0 Å². The summed E-state index contributed by atoms with van der Waals surface area (Å²) in [7, 11) is -3.69. The van der Waals surface area contributed by atoms with Crippen LogP contribution in [0.5, 0.6) is 0 Å². The van der Waals surface area contributed by atoms with Gasteiger partial charge in [0.25, 0.3) is 10.0 Å². The molecule has 2 aromatic rings. The number of fused-ring (bicyclic) bond motifs is 1. The first-order chi connectivity index (χ1) is 12.8. The van der Waals surface area contributed by atoms with Gasteiger partial charge in [0.05, 0.1) is 10.6 Å². The number of hydrogen-bond donors (Lipinski definition) is 1. The maximum Gasteiger partial charge on any atom is 0.261 e. The van der Waals surface area contributed by atoms with Crippen molar-refractivity contribution in [2.45, 2.75) is 44.9 Å². The maximum atomic E-state index is 12.9. The Hall–Kier alpha value is -2.34. The predicted octanol–water partition coefficient (Wildman–Crippen LogP) is 3.71. The summed E-state index contributed by atoms with van der Waals surface area (Å²) in [6.45, 7) is 6.44. The fraction of sp³-hybridized carbons (Fsp3) is 0.381. The van der Waals surface area contributed by atoms with Crippen molar-refractivity contribution in [1.82, 2.24) is 0 Å². The highest BCUT2D eigenvalue weighted by molar-refractivity contribution is 7.92. The van der Waals surface area contributed by atoms with Gasteiger partial charge in [0.2, 0.25) is 5.91 Å². The summed E-state index contributed by atoms with van der Waals surface area (Å²) < 4.78 is 28.6. The molecular weight excluding hydrogens is 360 g/mol. The molecule has 4 rings (SSSR count). The van der Waals surface area contributed by atoms with E-state index >= 15 is 0 Å². The van der Waals surface area contributed by atoms with Crippen LogP contribution in [0.1, 0.15) is 35.1 Å². The molecule has 5 nitrogen and oxygen atoms in total. The highest BCUT2D eigenvalue weighted by Crippen LogP contribution is 2.37. The minimum Gasteiger partial charge on any atom is -0.312 e. The van der Waals surface area contributed by atoms with Crippen molar-refractivity contribution in [3.05, 3.63) is 52.6 Å². The van der Waals surface area contributed by atoms with E-state index in [4.69, 9.17) is 0 Å². The SMILES string of the molecule is Cc1cc(C)c(NS(=O)(=O)c2ccc3c(c2)CCN3C(=O)C2CC2)c(C)c1. The van der Waals surface area contributed by atoms with E-state index in [0.29, 0.717) is 18.7 Å². The largest absolute Gasteiger partial charge is 0.312 e. The zero-order valence-electron chi connectivity index (χ0n) is 15.9. The van der Waals surface area contributed by atoms with Crippen molar-refractivity contribution >= 4 is 27.3 Å². The first kappa shape index (κ1) is 18.0. The summed E-state index contributed by atoms with van der Waals surface area (Å²) >= 11 is 0. The molecule has 0 aromatic heterocycles. The van der Waals surface area contributed by atoms with Gasteiger partial charge in [-0.3, -0.25) is 9.52 Å². The Kier molecular flexibility index (Phi) is 4.26. The summed E-state index contributed by atoms with van der Waals surface area (Å²) in [6.07, 6.45) is 2.63. The van der Waals surface area contributed by atoms with Crippen molar-refractivity contribution in [2.75, 3.05) is 16.2 Å². The number of carbonyl (C=O) groups excluding carboxylic acids is 1. The molecule has 142 valence electrons. The number of carbonyl (C=O) groups is 1. The molecule has 1 amide bonds. The standard InChI is InChI=1S/C21H24N2O3S/c1-13-10-14(2)20(15(3)11-13)22-27(25,26)18-6-7-19-17(12-18)8-9-23(19)21(24)16-4-5-16/h6-7,10-12,16,22H,4-5,8-9H2,1-3H3. The van der Waals surface area contributed by atoms with Gasteiger partial charge in [-0.2, -0.15) is 0 Å². The fourth-order valence-corrected chi connectivity index (χ4v) is 5.11. The van der Waals surface area contributed by atoms with Gasteiger partial charge in [0, 0.05) is 18.2 Å². The number of benzene rings is 2. The molecule has 1 aliphatic heterocycles. The highest BCUT2D eigenvalue weighted by Gasteiger charge is 2.36. The van der Waals surface area contributed by atoms with E-state index in [-0.39, 0.29) is 16.7 Å². The molecule has 0 radical (unpaired) electrons. The molecule has 0 saturated heterocycles. The van der Waals surface area contributed by atoms with Crippen LogP contribution in [0.2, 0.25) is 0 Å². The Morgan fingerprint density at radius 1 is 1.07 bits per heavy atom. The van der Waals surface area contributed by atoms with Crippen molar-refractivity contribution in [3.63, 3.8) is 0 Å². The Bertz CT molecular complexity index is 1020. The number of sulfonamides is 1. The monoisotopic (exact) mass is 384 g/mol. The van der Waals surface area contributed by atoms with Crippen LogP contribution in [-0.2, 0) is 21.2 Å². The van der Waals surface area contributed by atoms with E-state index in [1.165, 1.54) is 0 Å². The first-order valence-electron chi connectivity index (χ1n) is 9.31.